The molecule has 0 aromatic heterocycles. The summed E-state index contributed by atoms with van der Waals surface area (Å²) in [7, 11) is 1.80. The summed E-state index contributed by atoms with van der Waals surface area (Å²) in [6, 6.07) is 15.4. The number of hydrogen-bond donors (Lipinski definition) is 0. The van der Waals surface area contributed by atoms with Gasteiger partial charge in [0.05, 0.1) is 5.92 Å². The van der Waals surface area contributed by atoms with Crippen LogP contribution in [-0.2, 0) is 4.79 Å². The second-order valence-electron chi connectivity index (χ2n) is 4.44. The molecule has 0 spiro atoms. The number of nitrogens with zero attached hydrogens (tertiary/aromatic N) is 1. The van der Waals surface area contributed by atoms with Gasteiger partial charge in [0.25, 0.3) is 0 Å². The highest BCUT2D eigenvalue weighted by Gasteiger charge is 2.36. The maximum Gasteiger partial charge on any atom is 0.238 e. The molecule has 1 aliphatic rings. The van der Waals surface area contributed by atoms with Gasteiger partial charge in [0.2, 0.25) is 5.91 Å². The number of halogens is 1. The molecule has 1 unspecified atom stereocenters. The molecule has 0 radical (unpaired) electrons. The Hall–Kier alpha value is -1.80. The number of likely N-dealkylation sites (N-methyl/N-ethyl adjacent to an activating group) is 1. The molecule has 0 fully saturated rings. The molecule has 2 nitrogen and oxygen atoms in total. The first-order valence-electron chi connectivity index (χ1n) is 5.80. The standard InChI is InChI=1S/C15H12ClNO/c1-17-13-8-7-11(16)9-12(13)14(15(17)18)10-5-3-2-4-6-10/h2-9,14H,1H3. The Morgan fingerprint density at radius 1 is 1.11 bits per heavy atom. The summed E-state index contributed by atoms with van der Waals surface area (Å²) in [6.07, 6.45) is 0. The van der Waals surface area contributed by atoms with E-state index in [0.29, 0.717) is 5.02 Å². The highest BCUT2D eigenvalue weighted by atomic mass is 35.5. The van der Waals surface area contributed by atoms with Crippen LogP contribution in [0.5, 0.6) is 0 Å². The molecule has 3 rings (SSSR count). The zero-order valence-corrected chi connectivity index (χ0v) is 10.7. The van der Waals surface area contributed by atoms with Crippen LogP contribution in [0.4, 0.5) is 5.69 Å². The zero-order valence-electron chi connectivity index (χ0n) is 9.93. The zero-order chi connectivity index (χ0) is 12.7. The summed E-state index contributed by atoms with van der Waals surface area (Å²) < 4.78 is 0. The molecule has 0 saturated carbocycles. The van der Waals surface area contributed by atoms with Crippen molar-refractivity contribution in [1.82, 2.24) is 0 Å². The molecule has 1 atom stereocenters. The SMILES string of the molecule is CN1C(=O)C(c2ccccc2)c2cc(Cl)ccc21. The van der Waals surface area contributed by atoms with Crippen molar-refractivity contribution >= 4 is 23.2 Å². The molecular weight excluding hydrogens is 246 g/mol. The topological polar surface area (TPSA) is 20.3 Å². The molecule has 1 aliphatic heterocycles. The molecule has 3 heteroatoms. The average Bonchev–Trinajstić information content (AvgIpc) is 2.63. The third-order valence-electron chi connectivity index (χ3n) is 3.37. The van der Waals surface area contributed by atoms with Gasteiger partial charge in [0.15, 0.2) is 0 Å². The lowest BCUT2D eigenvalue weighted by Gasteiger charge is -2.11. The van der Waals surface area contributed by atoms with Gasteiger partial charge in [-0.1, -0.05) is 41.9 Å². The minimum absolute atomic E-state index is 0.0958. The monoisotopic (exact) mass is 257 g/mol. The number of hydrogen-bond acceptors (Lipinski definition) is 1. The molecule has 0 bridgehead atoms. The predicted molar refractivity (Wildman–Crippen MR) is 73.1 cm³/mol. The summed E-state index contributed by atoms with van der Waals surface area (Å²) in [5.74, 6) is -0.136. The number of anilines is 1. The van der Waals surface area contributed by atoms with E-state index in [2.05, 4.69) is 0 Å². The third kappa shape index (κ3) is 1.61. The minimum atomic E-state index is -0.232. The van der Waals surface area contributed by atoms with Gasteiger partial charge >= 0.3 is 0 Å². The van der Waals surface area contributed by atoms with E-state index in [9.17, 15) is 4.79 Å². The van der Waals surface area contributed by atoms with Gasteiger partial charge in [0, 0.05) is 17.8 Å². The van der Waals surface area contributed by atoms with Crippen molar-refractivity contribution in [3.63, 3.8) is 0 Å². The van der Waals surface area contributed by atoms with Crippen molar-refractivity contribution in [2.24, 2.45) is 0 Å². The Bertz CT molecular complexity index is 609. The van der Waals surface area contributed by atoms with E-state index in [1.807, 2.05) is 48.5 Å². The van der Waals surface area contributed by atoms with Crippen molar-refractivity contribution in [3.8, 4) is 0 Å². The van der Waals surface area contributed by atoms with E-state index in [-0.39, 0.29) is 11.8 Å². The summed E-state index contributed by atoms with van der Waals surface area (Å²) in [6.45, 7) is 0. The van der Waals surface area contributed by atoms with Gasteiger partial charge in [-0.2, -0.15) is 0 Å². The summed E-state index contributed by atoms with van der Waals surface area (Å²) in [4.78, 5) is 14.1. The smallest absolute Gasteiger partial charge is 0.238 e. The Labute approximate surface area is 111 Å². The maximum absolute atomic E-state index is 12.4. The van der Waals surface area contributed by atoms with E-state index in [1.165, 1.54) is 0 Å². The molecule has 90 valence electrons. The van der Waals surface area contributed by atoms with Gasteiger partial charge in [-0.3, -0.25) is 4.79 Å². The van der Waals surface area contributed by atoms with Crippen LogP contribution in [0.3, 0.4) is 0 Å². The largest absolute Gasteiger partial charge is 0.314 e. The molecule has 2 aromatic rings. The first-order chi connectivity index (χ1) is 8.68. The van der Waals surface area contributed by atoms with Crippen molar-refractivity contribution in [2.75, 3.05) is 11.9 Å². The molecule has 1 heterocycles. The molecule has 2 aromatic carbocycles. The normalized spacial score (nSPS) is 18.0. The summed E-state index contributed by atoms with van der Waals surface area (Å²) >= 11 is 6.04. The Balaban J connectivity index is 2.18. The number of carbonyl (C=O) groups is 1. The van der Waals surface area contributed by atoms with Gasteiger partial charge in [-0.05, 0) is 29.3 Å². The van der Waals surface area contributed by atoms with E-state index >= 15 is 0 Å². The fourth-order valence-corrected chi connectivity index (χ4v) is 2.66. The van der Waals surface area contributed by atoms with E-state index in [0.717, 1.165) is 16.8 Å². The van der Waals surface area contributed by atoms with Crippen LogP contribution in [-0.4, -0.2) is 13.0 Å². The van der Waals surface area contributed by atoms with E-state index in [4.69, 9.17) is 11.6 Å². The van der Waals surface area contributed by atoms with Crippen LogP contribution in [0.1, 0.15) is 17.0 Å². The molecule has 0 aliphatic carbocycles. The van der Waals surface area contributed by atoms with Crippen LogP contribution >= 0.6 is 11.6 Å². The number of fused-ring (bicyclic) bond motifs is 1. The van der Waals surface area contributed by atoms with Gasteiger partial charge in [-0.25, -0.2) is 0 Å². The lowest BCUT2D eigenvalue weighted by molar-refractivity contribution is -0.118. The first kappa shape index (κ1) is 11.3. The molecular formula is C15H12ClNO. The van der Waals surface area contributed by atoms with Crippen LogP contribution in [0.25, 0.3) is 0 Å². The van der Waals surface area contributed by atoms with Gasteiger partial charge in [-0.15, -0.1) is 0 Å². The number of benzene rings is 2. The quantitative estimate of drug-likeness (QED) is 0.766. The molecule has 0 saturated heterocycles. The highest BCUT2D eigenvalue weighted by Crippen LogP contribution is 2.41. The summed E-state index contributed by atoms with van der Waals surface area (Å²) in [5, 5.41) is 0.665. The Morgan fingerprint density at radius 3 is 2.56 bits per heavy atom. The second kappa shape index (κ2) is 4.14. The number of carbonyl (C=O) groups excluding carboxylic acids is 1. The van der Waals surface area contributed by atoms with Gasteiger partial charge < -0.3 is 4.90 Å². The van der Waals surface area contributed by atoms with Crippen molar-refractivity contribution < 1.29 is 4.79 Å². The summed E-state index contributed by atoms with van der Waals surface area (Å²) in [5.41, 5.74) is 2.94. The van der Waals surface area contributed by atoms with Crippen molar-refractivity contribution in [3.05, 3.63) is 64.7 Å². The maximum atomic E-state index is 12.4. The predicted octanol–water partition coefficient (Wildman–Crippen LogP) is 3.45. The number of amides is 1. The van der Waals surface area contributed by atoms with E-state index in [1.54, 1.807) is 11.9 Å². The van der Waals surface area contributed by atoms with Crippen LogP contribution in [0.15, 0.2) is 48.5 Å². The third-order valence-corrected chi connectivity index (χ3v) is 3.61. The fraction of sp³-hybridized carbons (Fsp3) is 0.133. The van der Waals surface area contributed by atoms with E-state index < -0.39 is 0 Å². The van der Waals surface area contributed by atoms with Crippen molar-refractivity contribution in [1.29, 1.82) is 0 Å². The van der Waals surface area contributed by atoms with Crippen LogP contribution in [0.2, 0.25) is 5.02 Å². The lowest BCUT2D eigenvalue weighted by Crippen LogP contribution is -2.24. The molecule has 18 heavy (non-hydrogen) atoms. The fourth-order valence-electron chi connectivity index (χ4n) is 2.48. The van der Waals surface area contributed by atoms with Gasteiger partial charge in [0.1, 0.15) is 0 Å². The van der Waals surface area contributed by atoms with Crippen LogP contribution < -0.4 is 4.90 Å². The lowest BCUT2D eigenvalue weighted by atomic mass is 9.93. The minimum Gasteiger partial charge on any atom is -0.314 e. The second-order valence-corrected chi connectivity index (χ2v) is 4.88. The molecule has 0 N–H and O–H groups in total. The Kier molecular flexibility index (Phi) is 2.60. The first-order valence-corrected chi connectivity index (χ1v) is 6.18. The number of rotatable bonds is 1. The average molecular weight is 258 g/mol. The Morgan fingerprint density at radius 2 is 1.83 bits per heavy atom. The van der Waals surface area contributed by atoms with Crippen LogP contribution in [0, 0.1) is 0 Å². The molecule has 1 amide bonds. The highest BCUT2D eigenvalue weighted by molar-refractivity contribution is 6.31. The van der Waals surface area contributed by atoms with Crippen molar-refractivity contribution in [2.45, 2.75) is 5.92 Å².